The fraction of sp³-hybridized carbons (Fsp3) is 0.533. The van der Waals surface area contributed by atoms with Gasteiger partial charge in [-0.1, -0.05) is 13.8 Å². The predicted octanol–water partition coefficient (Wildman–Crippen LogP) is 1.44. The molecule has 0 aromatic carbocycles. The molecule has 21 heavy (non-hydrogen) atoms. The maximum Gasteiger partial charge on any atom is 0.328 e. The normalized spacial score (nSPS) is 18.9. The first kappa shape index (κ1) is 15.4. The van der Waals surface area contributed by atoms with Crippen LogP contribution in [0.2, 0.25) is 0 Å². The summed E-state index contributed by atoms with van der Waals surface area (Å²) in [5, 5.41) is 9.20. The lowest BCUT2D eigenvalue weighted by molar-refractivity contribution is -0.147. The van der Waals surface area contributed by atoms with Gasteiger partial charge in [0.25, 0.3) is 5.91 Å². The van der Waals surface area contributed by atoms with Crippen LogP contribution in [0.15, 0.2) is 12.1 Å². The topological polar surface area (TPSA) is 79.7 Å². The summed E-state index contributed by atoms with van der Waals surface area (Å²) in [6.45, 7) is 6.50. The zero-order chi connectivity index (χ0) is 15.6. The third kappa shape index (κ3) is 3.21. The highest BCUT2D eigenvalue weighted by Crippen LogP contribution is 2.18. The quantitative estimate of drug-likeness (QED) is 0.912. The summed E-state index contributed by atoms with van der Waals surface area (Å²) in [7, 11) is 0. The molecular formula is C15H20N2O4. The van der Waals surface area contributed by atoms with Crippen molar-refractivity contribution >= 4 is 11.9 Å². The first-order chi connectivity index (χ1) is 9.91. The van der Waals surface area contributed by atoms with Gasteiger partial charge in [0.1, 0.15) is 0 Å². The number of hydrogen-bond donors (Lipinski definition) is 1. The van der Waals surface area contributed by atoms with Crippen molar-refractivity contribution in [2.75, 3.05) is 19.8 Å². The van der Waals surface area contributed by atoms with E-state index in [0.717, 1.165) is 5.69 Å². The minimum absolute atomic E-state index is 0.0254. The van der Waals surface area contributed by atoms with Crippen molar-refractivity contribution in [1.29, 1.82) is 0 Å². The van der Waals surface area contributed by atoms with Crippen LogP contribution in [0, 0.1) is 6.92 Å². The second kappa shape index (κ2) is 6.22. The molecule has 6 nitrogen and oxygen atoms in total. The van der Waals surface area contributed by atoms with Gasteiger partial charge in [0, 0.05) is 12.2 Å². The fourth-order valence-electron chi connectivity index (χ4n) is 2.33. The van der Waals surface area contributed by atoms with E-state index in [2.05, 4.69) is 4.98 Å². The monoisotopic (exact) mass is 292 g/mol. The number of morpholine rings is 1. The van der Waals surface area contributed by atoms with Crippen LogP contribution < -0.4 is 0 Å². The maximum atomic E-state index is 12.6. The molecule has 1 aromatic rings. The van der Waals surface area contributed by atoms with Gasteiger partial charge in [-0.25, -0.2) is 4.79 Å². The van der Waals surface area contributed by atoms with E-state index in [1.165, 1.54) is 4.90 Å². The van der Waals surface area contributed by atoms with Gasteiger partial charge in [0.15, 0.2) is 6.04 Å². The number of rotatable bonds is 3. The number of ether oxygens (including phenoxy) is 1. The Balaban J connectivity index is 2.28. The van der Waals surface area contributed by atoms with Crippen molar-refractivity contribution in [3.63, 3.8) is 0 Å². The average Bonchev–Trinajstić information content (AvgIpc) is 2.46. The lowest BCUT2D eigenvalue weighted by Gasteiger charge is -2.33. The highest BCUT2D eigenvalue weighted by Gasteiger charge is 2.33. The molecule has 2 rings (SSSR count). The molecule has 2 heterocycles. The third-order valence-corrected chi connectivity index (χ3v) is 3.60. The molecule has 1 fully saturated rings. The number of aliphatic carboxylic acids is 1. The molecule has 6 heteroatoms. The number of aryl methyl sites for hydroxylation is 1. The van der Waals surface area contributed by atoms with E-state index < -0.39 is 12.0 Å². The molecule has 1 aromatic heterocycles. The number of carboxylic acid groups (broad SMARTS) is 1. The minimum Gasteiger partial charge on any atom is -0.480 e. The SMILES string of the molecule is Cc1nc(C(C)C)ccc1C(=O)N1CCOCC1C(=O)O. The van der Waals surface area contributed by atoms with Gasteiger partial charge in [-0.3, -0.25) is 9.78 Å². The standard InChI is InChI=1S/C15H20N2O4/c1-9(2)12-5-4-11(10(3)16-12)14(18)17-6-7-21-8-13(17)15(19)20/h4-5,9,13H,6-8H2,1-3H3,(H,19,20). The van der Waals surface area contributed by atoms with E-state index in [4.69, 9.17) is 4.74 Å². The summed E-state index contributed by atoms with van der Waals surface area (Å²) >= 11 is 0. The number of carbonyl (C=O) groups is 2. The minimum atomic E-state index is -1.05. The van der Waals surface area contributed by atoms with Gasteiger partial charge in [0.2, 0.25) is 0 Å². The van der Waals surface area contributed by atoms with Gasteiger partial charge in [0.05, 0.1) is 24.5 Å². The zero-order valence-corrected chi connectivity index (χ0v) is 12.5. The summed E-state index contributed by atoms with van der Waals surface area (Å²) < 4.78 is 5.15. The lowest BCUT2D eigenvalue weighted by atomic mass is 10.1. The van der Waals surface area contributed by atoms with E-state index in [1.54, 1.807) is 13.0 Å². The van der Waals surface area contributed by atoms with Crippen LogP contribution in [-0.2, 0) is 9.53 Å². The van der Waals surface area contributed by atoms with E-state index >= 15 is 0 Å². The van der Waals surface area contributed by atoms with Crippen LogP contribution in [0.25, 0.3) is 0 Å². The summed E-state index contributed by atoms with van der Waals surface area (Å²) in [6, 6.07) is 2.62. The van der Waals surface area contributed by atoms with Crippen LogP contribution >= 0.6 is 0 Å². The van der Waals surface area contributed by atoms with Crippen molar-refractivity contribution in [2.45, 2.75) is 32.7 Å². The van der Waals surface area contributed by atoms with Gasteiger partial charge in [-0.15, -0.1) is 0 Å². The van der Waals surface area contributed by atoms with Crippen molar-refractivity contribution in [1.82, 2.24) is 9.88 Å². The molecule has 0 saturated carbocycles. The molecule has 1 amide bonds. The maximum absolute atomic E-state index is 12.6. The van der Waals surface area contributed by atoms with Crippen LogP contribution in [-0.4, -0.2) is 52.7 Å². The first-order valence-corrected chi connectivity index (χ1v) is 7.01. The predicted molar refractivity (Wildman–Crippen MR) is 76.3 cm³/mol. The van der Waals surface area contributed by atoms with E-state index in [1.807, 2.05) is 19.9 Å². The van der Waals surface area contributed by atoms with Crippen LogP contribution in [0.4, 0.5) is 0 Å². The second-order valence-corrected chi connectivity index (χ2v) is 5.45. The Labute approximate surface area is 123 Å². The van der Waals surface area contributed by atoms with E-state index in [9.17, 15) is 14.7 Å². The van der Waals surface area contributed by atoms with E-state index in [-0.39, 0.29) is 25.0 Å². The molecule has 1 atom stereocenters. The van der Waals surface area contributed by atoms with E-state index in [0.29, 0.717) is 17.9 Å². The Hall–Kier alpha value is -1.95. The Morgan fingerprint density at radius 2 is 2.14 bits per heavy atom. The van der Waals surface area contributed by atoms with Crippen LogP contribution in [0.3, 0.4) is 0 Å². The lowest BCUT2D eigenvalue weighted by Crippen LogP contribution is -2.52. The molecule has 0 radical (unpaired) electrons. The summed E-state index contributed by atoms with van der Waals surface area (Å²) in [5.41, 5.74) is 2.00. The first-order valence-electron chi connectivity index (χ1n) is 7.01. The highest BCUT2D eigenvalue weighted by molar-refractivity contribution is 5.97. The van der Waals surface area contributed by atoms with Crippen LogP contribution in [0.1, 0.15) is 41.5 Å². The Morgan fingerprint density at radius 3 is 2.71 bits per heavy atom. The molecule has 0 spiro atoms. The number of carboxylic acids is 1. The number of pyridine rings is 1. The Bertz CT molecular complexity index is 557. The van der Waals surface area contributed by atoms with Crippen molar-refractivity contribution in [2.24, 2.45) is 0 Å². The largest absolute Gasteiger partial charge is 0.480 e. The summed E-state index contributed by atoms with van der Waals surface area (Å²) in [5.74, 6) is -1.07. The second-order valence-electron chi connectivity index (χ2n) is 5.45. The zero-order valence-electron chi connectivity index (χ0n) is 12.5. The third-order valence-electron chi connectivity index (χ3n) is 3.60. The van der Waals surface area contributed by atoms with Gasteiger partial charge in [-0.05, 0) is 25.0 Å². The van der Waals surface area contributed by atoms with Crippen molar-refractivity contribution in [3.8, 4) is 0 Å². The Morgan fingerprint density at radius 1 is 1.43 bits per heavy atom. The molecule has 1 aliphatic heterocycles. The number of hydrogen-bond acceptors (Lipinski definition) is 4. The van der Waals surface area contributed by atoms with Gasteiger partial charge >= 0.3 is 5.97 Å². The molecule has 1 saturated heterocycles. The molecule has 0 aliphatic carbocycles. The number of amides is 1. The fourth-order valence-corrected chi connectivity index (χ4v) is 2.33. The molecule has 0 bridgehead atoms. The summed E-state index contributed by atoms with van der Waals surface area (Å²) in [4.78, 5) is 29.6. The summed E-state index contributed by atoms with van der Waals surface area (Å²) in [6.07, 6.45) is 0. The highest BCUT2D eigenvalue weighted by atomic mass is 16.5. The molecule has 114 valence electrons. The van der Waals surface area contributed by atoms with Gasteiger partial charge < -0.3 is 14.7 Å². The molecular weight excluding hydrogens is 272 g/mol. The number of nitrogens with zero attached hydrogens (tertiary/aromatic N) is 2. The number of carbonyl (C=O) groups excluding carboxylic acids is 1. The molecule has 1 N–H and O–H groups in total. The number of aromatic nitrogens is 1. The molecule has 1 unspecified atom stereocenters. The Kier molecular flexibility index (Phi) is 4.57. The van der Waals surface area contributed by atoms with Crippen LogP contribution in [0.5, 0.6) is 0 Å². The van der Waals surface area contributed by atoms with Gasteiger partial charge in [-0.2, -0.15) is 0 Å². The van der Waals surface area contributed by atoms with Crippen molar-refractivity contribution < 1.29 is 19.4 Å². The average molecular weight is 292 g/mol. The smallest absolute Gasteiger partial charge is 0.328 e. The van der Waals surface area contributed by atoms with Crippen molar-refractivity contribution in [3.05, 3.63) is 29.1 Å². The molecule has 1 aliphatic rings.